The predicted octanol–water partition coefficient (Wildman–Crippen LogP) is 4.28. The number of hydrogen-bond acceptors (Lipinski definition) is 8. The zero-order valence-corrected chi connectivity index (χ0v) is 20.4. The predicted molar refractivity (Wildman–Crippen MR) is 134 cm³/mol. The van der Waals surface area contributed by atoms with Crippen molar-refractivity contribution in [3.8, 4) is 0 Å². The number of methoxy groups -OCH3 is 1. The molecule has 36 heavy (non-hydrogen) atoms. The van der Waals surface area contributed by atoms with Crippen LogP contribution in [0.15, 0.2) is 83.2 Å². The number of benzene rings is 2. The number of allylic oxidation sites excluding steroid dienone is 2. The van der Waals surface area contributed by atoms with Gasteiger partial charge >= 0.3 is 11.9 Å². The van der Waals surface area contributed by atoms with Crippen LogP contribution in [0.3, 0.4) is 0 Å². The van der Waals surface area contributed by atoms with Gasteiger partial charge in [0.05, 0.1) is 28.6 Å². The Balaban J connectivity index is 1.97. The Bertz CT molecular complexity index is 1220. The summed E-state index contributed by atoms with van der Waals surface area (Å²) in [7, 11) is 1.48. The van der Waals surface area contributed by atoms with Gasteiger partial charge in [-0.2, -0.15) is 0 Å². The van der Waals surface area contributed by atoms with E-state index >= 15 is 0 Å². The van der Waals surface area contributed by atoms with E-state index in [1.54, 1.807) is 26.0 Å². The van der Waals surface area contributed by atoms with Gasteiger partial charge in [-0.05, 0) is 25.5 Å². The van der Waals surface area contributed by atoms with Crippen LogP contribution >= 0.6 is 0 Å². The third-order valence-electron chi connectivity index (χ3n) is 5.59. The third kappa shape index (κ3) is 6.25. The zero-order chi connectivity index (χ0) is 26.1. The molecule has 1 atom stereocenters. The topological polar surface area (TPSA) is 117 Å². The Kier molecular flexibility index (Phi) is 9.13. The molecule has 1 heterocycles. The van der Waals surface area contributed by atoms with Gasteiger partial charge in [0.2, 0.25) is 0 Å². The summed E-state index contributed by atoms with van der Waals surface area (Å²) in [5.74, 6) is -2.47. The van der Waals surface area contributed by atoms with Gasteiger partial charge in [-0.25, -0.2) is 9.59 Å². The number of para-hydroxylation sites is 1. The molecule has 3 rings (SSSR count). The molecule has 9 nitrogen and oxygen atoms in total. The summed E-state index contributed by atoms with van der Waals surface area (Å²) in [6, 6.07) is 15.5. The lowest BCUT2D eigenvalue weighted by Crippen LogP contribution is -2.33. The zero-order valence-electron chi connectivity index (χ0n) is 20.4. The van der Waals surface area contributed by atoms with E-state index in [1.165, 1.54) is 25.3 Å². The monoisotopic (exact) mass is 492 g/mol. The molecule has 0 spiro atoms. The molecule has 1 N–H and O–H groups in total. The molecule has 2 aromatic carbocycles. The number of nitro groups is 1. The van der Waals surface area contributed by atoms with Crippen LogP contribution in [0.2, 0.25) is 0 Å². The second-order valence-corrected chi connectivity index (χ2v) is 7.99. The van der Waals surface area contributed by atoms with Crippen molar-refractivity contribution in [1.29, 1.82) is 0 Å². The van der Waals surface area contributed by atoms with E-state index in [4.69, 9.17) is 14.2 Å². The van der Waals surface area contributed by atoms with Gasteiger partial charge in [0.25, 0.3) is 5.69 Å². The van der Waals surface area contributed by atoms with Crippen molar-refractivity contribution in [2.75, 3.05) is 26.9 Å². The van der Waals surface area contributed by atoms with Crippen molar-refractivity contribution in [1.82, 2.24) is 5.32 Å². The molecule has 0 aromatic heterocycles. The molecular weight excluding hydrogens is 464 g/mol. The first kappa shape index (κ1) is 26.4. The second kappa shape index (κ2) is 12.5. The van der Waals surface area contributed by atoms with E-state index in [2.05, 4.69) is 5.32 Å². The van der Waals surface area contributed by atoms with Crippen LogP contribution in [-0.2, 0) is 23.8 Å². The largest absolute Gasteiger partial charge is 0.460 e. The van der Waals surface area contributed by atoms with Gasteiger partial charge in [0.15, 0.2) is 0 Å². The number of nitro benzene ring substituents is 1. The molecule has 0 radical (unpaired) electrons. The molecule has 9 heteroatoms. The maximum Gasteiger partial charge on any atom is 0.337 e. The highest BCUT2D eigenvalue weighted by Gasteiger charge is 2.40. The number of hydrogen-bond donors (Lipinski definition) is 1. The Labute approximate surface area is 209 Å². The highest BCUT2D eigenvalue weighted by Crippen LogP contribution is 2.42. The van der Waals surface area contributed by atoms with Crippen LogP contribution in [0.25, 0.3) is 6.08 Å². The lowest BCUT2D eigenvalue weighted by molar-refractivity contribution is -0.385. The summed E-state index contributed by atoms with van der Waals surface area (Å²) in [6.45, 7) is 3.46. The van der Waals surface area contributed by atoms with E-state index in [1.807, 2.05) is 36.4 Å². The summed E-state index contributed by atoms with van der Waals surface area (Å²) in [4.78, 5) is 37.7. The highest BCUT2D eigenvalue weighted by molar-refractivity contribution is 6.00. The van der Waals surface area contributed by atoms with Crippen molar-refractivity contribution in [3.05, 3.63) is 104 Å². The van der Waals surface area contributed by atoms with Crippen molar-refractivity contribution in [2.45, 2.75) is 19.8 Å². The Morgan fingerprint density at radius 3 is 2.19 bits per heavy atom. The fourth-order valence-corrected chi connectivity index (χ4v) is 3.99. The Morgan fingerprint density at radius 2 is 1.56 bits per heavy atom. The minimum Gasteiger partial charge on any atom is -0.460 e. The Morgan fingerprint density at radius 1 is 0.944 bits per heavy atom. The number of rotatable bonds is 10. The summed E-state index contributed by atoms with van der Waals surface area (Å²) in [6.07, 6.45) is 3.51. The standard InChI is InChI=1S/C27H28N2O7/c1-18-23(26(30)35-15-9-12-20-10-5-4-6-11-20)25(21-13-7-8-14-22(21)29(32)33)24(19(2)28-18)27(31)36-17-16-34-3/h4-14,25,28H,15-17H2,1-3H3/b12-9+. The number of carbonyl (C=O) groups excluding carboxylic acids is 2. The van der Waals surface area contributed by atoms with Gasteiger partial charge in [0, 0.05) is 30.1 Å². The minimum absolute atomic E-state index is 0.0114. The molecule has 1 aliphatic heterocycles. The van der Waals surface area contributed by atoms with Crippen molar-refractivity contribution in [3.63, 3.8) is 0 Å². The number of esters is 2. The van der Waals surface area contributed by atoms with Gasteiger partial charge in [-0.15, -0.1) is 0 Å². The number of ether oxygens (including phenoxy) is 3. The van der Waals surface area contributed by atoms with E-state index in [0.717, 1.165) is 5.56 Å². The summed E-state index contributed by atoms with van der Waals surface area (Å²) >= 11 is 0. The molecule has 2 aromatic rings. The third-order valence-corrected chi connectivity index (χ3v) is 5.59. The fraction of sp³-hybridized carbons (Fsp3) is 0.259. The van der Waals surface area contributed by atoms with Gasteiger partial charge in [-0.1, -0.05) is 54.6 Å². The molecule has 0 aliphatic carbocycles. The summed E-state index contributed by atoms with van der Waals surface area (Å²) in [5, 5.41) is 14.9. The average Bonchev–Trinajstić information content (AvgIpc) is 2.86. The van der Waals surface area contributed by atoms with Crippen LogP contribution in [0, 0.1) is 10.1 Å². The first-order valence-corrected chi connectivity index (χ1v) is 11.3. The average molecular weight is 493 g/mol. The lowest BCUT2D eigenvalue weighted by atomic mass is 9.79. The van der Waals surface area contributed by atoms with E-state index in [9.17, 15) is 19.7 Å². The van der Waals surface area contributed by atoms with Crippen molar-refractivity contribution < 1.29 is 28.7 Å². The number of carbonyl (C=O) groups is 2. The molecule has 0 amide bonds. The van der Waals surface area contributed by atoms with E-state index in [-0.39, 0.29) is 42.2 Å². The van der Waals surface area contributed by atoms with Crippen molar-refractivity contribution >= 4 is 23.7 Å². The molecule has 188 valence electrons. The summed E-state index contributed by atoms with van der Waals surface area (Å²) < 4.78 is 15.8. The number of dihydropyridines is 1. The molecule has 0 fully saturated rings. The van der Waals surface area contributed by atoms with Crippen LogP contribution in [-0.4, -0.2) is 43.8 Å². The fourth-order valence-electron chi connectivity index (χ4n) is 3.99. The number of nitrogens with zero attached hydrogens (tertiary/aromatic N) is 1. The molecule has 1 aliphatic rings. The summed E-state index contributed by atoms with van der Waals surface area (Å²) in [5.41, 5.74) is 1.97. The van der Waals surface area contributed by atoms with Crippen LogP contribution in [0.4, 0.5) is 5.69 Å². The molecular formula is C27H28N2O7. The maximum absolute atomic E-state index is 13.3. The molecule has 1 unspecified atom stereocenters. The number of nitrogens with one attached hydrogen (secondary N) is 1. The normalized spacial score (nSPS) is 15.6. The van der Waals surface area contributed by atoms with E-state index in [0.29, 0.717) is 11.4 Å². The lowest BCUT2D eigenvalue weighted by Gasteiger charge is -2.30. The van der Waals surface area contributed by atoms with E-state index < -0.39 is 22.8 Å². The van der Waals surface area contributed by atoms with Gasteiger partial charge < -0.3 is 19.5 Å². The van der Waals surface area contributed by atoms with Crippen LogP contribution < -0.4 is 5.32 Å². The van der Waals surface area contributed by atoms with Crippen LogP contribution in [0.5, 0.6) is 0 Å². The first-order valence-electron chi connectivity index (χ1n) is 11.3. The molecule has 0 saturated carbocycles. The maximum atomic E-state index is 13.3. The van der Waals surface area contributed by atoms with Crippen molar-refractivity contribution in [2.24, 2.45) is 0 Å². The molecule has 0 bridgehead atoms. The van der Waals surface area contributed by atoms with Crippen LogP contribution in [0.1, 0.15) is 30.9 Å². The second-order valence-electron chi connectivity index (χ2n) is 7.99. The van der Waals surface area contributed by atoms with Gasteiger partial charge in [-0.3, -0.25) is 10.1 Å². The van der Waals surface area contributed by atoms with Gasteiger partial charge in [0.1, 0.15) is 13.2 Å². The smallest absolute Gasteiger partial charge is 0.337 e. The highest BCUT2D eigenvalue weighted by atomic mass is 16.6. The minimum atomic E-state index is -1.06. The quantitative estimate of drug-likeness (QED) is 0.226. The molecule has 0 saturated heterocycles. The Hall–Kier alpha value is -4.24. The SMILES string of the molecule is COCCOC(=O)C1=C(C)NC(C)=C(C(=O)OC/C=C/c2ccccc2)C1c1ccccc1[N+](=O)[O-]. The first-order chi connectivity index (χ1) is 17.3.